The normalized spacial score (nSPS) is 12.5. The molecule has 0 aliphatic heterocycles. The maximum atomic E-state index is 12.6. The molecule has 0 N–H and O–H groups in total. The minimum atomic E-state index is -0.759. The summed E-state index contributed by atoms with van der Waals surface area (Å²) >= 11 is 0. The summed E-state index contributed by atoms with van der Waals surface area (Å²) in [6, 6.07) is 0. The number of ether oxygens (including phenoxy) is 3. The van der Waals surface area contributed by atoms with Gasteiger partial charge >= 0.3 is 17.9 Å². The maximum Gasteiger partial charge on any atom is 0.306 e. The summed E-state index contributed by atoms with van der Waals surface area (Å²) in [6.07, 6.45) is 42.4. The second-order valence-corrected chi connectivity index (χ2v) is 17.8. The van der Waals surface area contributed by atoms with Crippen molar-refractivity contribution in [3.63, 3.8) is 0 Å². The van der Waals surface area contributed by atoms with Crippen LogP contribution in [0.25, 0.3) is 0 Å². The van der Waals surface area contributed by atoms with Crippen LogP contribution in [0, 0.1) is 11.8 Å². The molecule has 56 heavy (non-hydrogen) atoms. The molecule has 0 spiro atoms. The third-order valence-electron chi connectivity index (χ3n) is 11.6. The minimum absolute atomic E-state index is 0.0646. The van der Waals surface area contributed by atoms with E-state index in [0.29, 0.717) is 19.3 Å². The molecule has 0 bridgehead atoms. The first-order chi connectivity index (χ1) is 27.3. The van der Waals surface area contributed by atoms with E-state index in [1.807, 2.05) is 0 Å². The Hall–Kier alpha value is -1.59. The Morgan fingerprint density at radius 3 is 1.02 bits per heavy atom. The second-order valence-electron chi connectivity index (χ2n) is 17.8. The molecule has 0 fully saturated rings. The van der Waals surface area contributed by atoms with E-state index in [9.17, 15) is 14.4 Å². The molecule has 1 unspecified atom stereocenters. The number of unbranched alkanes of at least 4 members (excludes halogenated alkanes) is 28. The molecule has 0 saturated heterocycles. The zero-order chi connectivity index (χ0) is 41.2. The monoisotopic (exact) mass is 793 g/mol. The van der Waals surface area contributed by atoms with Gasteiger partial charge < -0.3 is 14.2 Å². The first kappa shape index (κ1) is 54.4. The second kappa shape index (κ2) is 43.0. The van der Waals surface area contributed by atoms with Gasteiger partial charge in [-0.25, -0.2) is 0 Å². The van der Waals surface area contributed by atoms with E-state index >= 15 is 0 Å². The zero-order valence-electron chi connectivity index (χ0n) is 38.3. The summed E-state index contributed by atoms with van der Waals surface area (Å²) in [4.78, 5) is 37.7. The van der Waals surface area contributed by atoms with Crippen LogP contribution in [-0.2, 0) is 28.6 Å². The quantitative estimate of drug-likeness (QED) is 0.0347. The van der Waals surface area contributed by atoms with Crippen molar-refractivity contribution >= 4 is 17.9 Å². The van der Waals surface area contributed by atoms with Crippen molar-refractivity contribution in [1.82, 2.24) is 0 Å². The molecule has 0 amide bonds. The van der Waals surface area contributed by atoms with Crippen LogP contribution >= 0.6 is 0 Å². The average Bonchev–Trinajstić information content (AvgIpc) is 3.18. The Kier molecular flexibility index (Phi) is 41.8. The molecular weight excluding hydrogens is 697 g/mol. The lowest BCUT2D eigenvalue weighted by atomic mass is 9.99. The van der Waals surface area contributed by atoms with Crippen molar-refractivity contribution in [1.29, 1.82) is 0 Å². The molecule has 0 aliphatic carbocycles. The van der Waals surface area contributed by atoms with Crippen LogP contribution in [0.4, 0.5) is 0 Å². The molecule has 6 nitrogen and oxygen atoms in total. The fraction of sp³-hybridized carbons (Fsp3) is 0.940. The van der Waals surface area contributed by atoms with E-state index in [0.717, 1.165) is 69.6 Å². The lowest BCUT2D eigenvalue weighted by molar-refractivity contribution is -0.167. The van der Waals surface area contributed by atoms with Gasteiger partial charge in [0, 0.05) is 19.3 Å². The van der Waals surface area contributed by atoms with Crippen molar-refractivity contribution < 1.29 is 28.6 Å². The van der Waals surface area contributed by atoms with E-state index in [4.69, 9.17) is 14.2 Å². The van der Waals surface area contributed by atoms with Crippen molar-refractivity contribution in [2.75, 3.05) is 13.2 Å². The van der Waals surface area contributed by atoms with Gasteiger partial charge in [0.2, 0.25) is 0 Å². The lowest BCUT2D eigenvalue weighted by Crippen LogP contribution is -2.30. The van der Waals surface area contributed by atoms with E-state index in [1.165, 1.54) is 161 Å². The molecule has 6 heteroatoms. The van der Waals surface area contributed by atoms with Gasteiger partial charge in [-0.2, -0.15) is 0 Å². The highest BCUT2D eigenvalue weighted by Crippen LogP contribution is 2.18. The summed E-state index contributed by atoms with van der Waals surface area (Å²) in [5.74, 6) is 0.856. The Morgan fingerprint density at radius 2 is 0.679 bits per heavy atom. The Labute approximate surface area is 348 Å². The van der Waals surface area contributed by atoms with Gasteiger partial charge in [-0.15, -0.1) is 0 Å². The number of hydrogen-bond acceptors (Lipinski definition) is 6. The van der Waals surface area contributed by atoms with Crippen LogP contribution in [0.3, 0.4) is 0 Å². The molecular formula is C50H96O6. The van der Waals surface area contributed by atoms with E-state index in [-0.39, 0.29) is 31.1 Å². The van der Waals surface area contributed by atoms with Crippen LogP contribution < -0.4 is 0 Å². The van der Waals surface area contributed by atoms with Gasteiger partial charge in [0.15, 0.2) is 6.10 Å². The Balaban J connectivity index is 4.17. The Morgan fingerprint density at radius 1 is 0.375 bits per heavy atom. The largest absolute Gasteiger partial charge is 0.462 e. The summed E-state index contributed by atoms with van der Waals surface area (Å²) in [7, 11) is 0. The first-order valence-corrected chi connectivity index (χ1v) is 24.8. The highest BCUT2D eigenvalue weighted by Gasteiger charge is 2.19. The molecule has 0 aliphatic rings. The standard InChI is InChI=1S/C50H96O6/c1-6-8-9-10-23-32-37-42-50(53)56-47(44-55-49(52)41-36-31-27-22-18-17-19-24-28-33-38-45(3)4)43-54-48(51)40-35-30-26-21-16-14-12-11-13-15-20-25-29-34-39-46(5)7-2/h45-47H,6-44H2,1-5H3/t46?,47-/m1/s1. The van der Waals surface area contributed by atoms with Crippen LogP contribution in [-0.4, -0.2) is 37.2 Å². The van der Waals surface area contributed by atoms with Crippen LogP contribution in [0.15, 0.2) is 0 Å². The number of hydrogen-bond donors (Lipinski definition) is 0. The van der Waals surface area contributed by atoms with Crippen molar-refractivity contribution in [3.05, 3.63) is 0 Å². The smallest absolute Gasteiger partial charge is 0.306 e. The maximum absolute atomic E-state index is 12.6. The highest BCUT2D eigenvalue weighted by molar-refractivity contribution is 5.71. The van der Waals surface area contributed by atoms with Crippen molar-refractivity contribution in [3.8, 4) is 0 Å². The van der Waals surface area contributed by atoms with E-state index in [1.54, 1.807) is 0 Å². The zero-order valence-corrected chi connectivity index (χ0v) is 38.3. The fourth-order valence-corrected chi connectivity index (χ4v) is 7.43. The topological polar surface area (TPSA) is 78.9 Å². The molecule has 0 aromatic carbocycles. The number of carbonyl (C=O) groups excluding carboxylic acids is 3. The summed E-state index contributed by atoms with van der Waals surface area (Å²) in [5.41, 5.74) is 0. The van der Waals surface area contributed by atoms with Gasteiger partial charge in [-0.1, -0.05) is 234 Å². The van der Waals surface area contributed by atoms with E-state index < -0.39 is 6.10 Å². The lowest BCUT2D eigenvalue weighted by Gasteiger charge is -2.18. The third kappa shape index (κ3) is 42.0. The molecule has 0 aromatic rings. The van der Waals surface area contributed by atoms with Gasteiger partial charge in [0.25, 0.3) is 0 Å². The number of rotatable bonds is 44. The molecule has 0 aromatic heterocycles. The van der Waals surface area contributed by atoms with Gasteiger partial charge in [-0.05, 0) is 31.1 Å². The molecule has 0 radical (unpaired) electrons. The first-order valence-electron chi connectivity index (χ1n) is 24.8. The van der Waals surface area contributed by atoms with Crippen LogP contribution in [0.2, 0.25) is 0 Å². The average molecular weight is 793 g/mol. The molecule has 2 atom stereocenters. The van der Waals surface area contributed by atoms with Gasteiger partial charge in [0.05, 0.1) is 0 Å². The predicted molar refractivity (Wildman–Crippen MR) is 238 cm³/mol. The SMILES string of the molecule is CCCCCCCCCC(=O)O[C@H](COC(=O)CCCCCCCCCCCCCCCCC(C)CC)COC(=O)CCCCCCCCCCCCC(C)C. The summed E-state index contributed by atoms with van der Waals surface area (Å²) in [6.45, 7) is 11.4. The minimum Gasteiger partial charge on any atom is -0.462 e. The van der Waals surface area contributed by atoms with E-state index in [2.05, 4.69) is 34.6 Å². The number of esters is 3. The summed E-state index contributed by atoms with van der Waals surface area (Å²) in [5, 5.41) is 0. The molecule has 0 saturated carbocycles. The predicted octanol–water partition coefficient (Wildman–Crippen LogP) is 15.8. The molecule has 0 heterocycles. The number of carbonyl (C=O) groups is 3. The van der Waals surface area contributed by atoms with Crippen molar-refractivity contribution in [2.45, 2.75) is 278 Å². The highest BCUT2D eigenvalue weighted by atomic mass is 16.6. The van der Waals surface area contributed by atoms with Crippen LogP contribution in [0.1, 0.15) is 272 Å². The third-order valence-corrected chi connectivity index (χ3v) is 11.6. The van der Waals surface area contributed by atoms with Gasteiger partial charge in [-0.3, -0.25) is 14.4 Å². The van der Waals surface area contributed by atoms with Crippen LogP contribution in [0.5, 0.6) is 0 Å². The molecule has 0 rings (SSSR count). The fourth-order valence-electron chi connectivity index (χ4n) is 7.43. The van der Waals surface area contributed by atoms with Gasteiger partial charge in [0.1, 0.15) is 13.2 Å². The Bertz CT molecular complexity index is 856. The summed E-state index contributed by atoms with van der Waals surface area (Å²) < 4.78 is 16.7. The molecule has 332 valence electrons. The van der Waals surface area contributed by atoms with Crippen molar-refractivity contribution in [2.24, 2.45) is 11.8 Å².